The van der Waals surface area contributed by atoms with Gasteiger partial charge < -0.3 is 5.11 Å². The predicted octanol–water partition coefficient (Wildman–Crippen LogP) is 1.15. The Balaban J connectivity index is 2.89. The summed E-state index contributed by atoms with van der Waals surface area (Å²) in [6, 6.07) is 2.93. The van der Waals surface area contributed by atoms with Gasteiger partial charge in [-0.3, -0.25) is 9.69 Å². The highest BCUT2D eigenvalue weighted by Crippen LogP contribution is 2.10. The van der Waals surface area contributed by atoms with E-state index in [9.17, 15) is 9.59 Å². The van der Waals surface area contributed by atoms with Crippen molar-refractivity contribution < 1.29 is 14.7 Å². The Kier molecular flexibility index (Phi) is 3.38. The molecular formula is C10H12N2O3. The third-order valence-electron chi connectivity index (χ3n) is 2.02. The van der Waals surface area contributed by atoms with E-state index >= 15 is 0 Å². The van der Waals surface area contributed by atoms with E-state index in [0.717, 1.165) is 0 Å². The van der Waals surface area contributed by atoms with Gasteiger partial charge in [0.25, 0.3) is 0 Å². The van der Waals surface area contributed by atoms with Crippen LogP contribution in [-0.2, 0) is 4.79 Å². The van der Waals surface area contributed by atoms with E-state index in [1.54, 1.807) is 14.0 Å². The first-order valence-electron chi connectivity index (χ1n) is 4.52. The third-order valence-corrected chi connectivity index (χ3v) is 2.02. The Morgan fingerprint density at radius 2 is 2.13 bits per heavy atom. The molecule has 0 unspecified atom stereocenters. The maximum atomic E-state index is 11.3. The van der Waals surface area contributed by atoms with Gasteiger partial charge in [0.05, 0.1) is 5.56 Å². The van der Waals surface area contributed by atoms with Crippen LogP contribution in [0.5, 0.6) is 0 Å². The van der Waals surface area contributed by atoms with Gasteiger partial charge in [-0.25, -0.2) is 9.78 Å². The van der Waals surface area contributed by atoms with E-state index in [1.807, 2.05) is 0 Å². The van der Waals surface area contributed by atoms with Gasteiger partial charge in [0.15, 0.2) is 0 Å². The van der Waals surface area contributed by atoms with Crippen molar-refractivity contribution in [3.8, 4) is 0 Å². The topological polar surface area (TPSA) is 70.5 Å². The molecule has 0 aliphatic carbocycles. The van der Waals surface area contributed by atoms with Crippen LogP contribution in [0.4, 0.5) is 5.82 Å². The van der Waals surface area contributed by atoms with Crippen LogP contribution in [0.2, 0.25) is 0 Å². The number of aromatic carboxylic acids is 1. The highest BCUT2D eigenvalue weighted by molar-refractivity contribution is 5.92. The molecule has 0 fully saturated rings. The van der Waals surface area contributed by atoms with Crippen LogP contribution in [-0.4, -0.2) is 29.0 Å². The molecule has 0 atom stereocenters. The smallest absolute Gasteiger partial charge is 0.337 e. The summed E-state index contributed by atoms with van der Waals surface area (Å²) in [5.74, 6) is -0.643. The molecule has 80 valence electrons. The standard InChI is InChI=1S/C10H12N2O3/c1-3-9(13)12(2)8-5-4-7(6-11-8)10(14)15/h4-6H,3H2,1-2H3,(H,14,15). The second-order valence-electron chi connectivity index (χ2n) is 3.02. The zero-order valence-corrected chi connectivity index (χ0v) is 8.60. The molecule has 0 bridgehead atoms. The minimum absolute atomic E-state index is 0.0643. The lowest BCUT2D eigenvalue weighted by atomic mass is 10.3. The van der Waals surface area contributed by atoms with Crippen molar-refractivity contribution in [1.29, 1.82) is 0 Å². The molecule has 1 rings (SSSR count). The predicted molar refractivity (Wildman–Crippen MR) is 54.9 cm³/mol. The number of hydrogen-bond acceptors (Lipinski definition) is 3. The largest absolute Gasteiger partial charge is 0.478 e. The van der Waals surface area contributed by atoms with Crippen molar-refractivity contribution in [3.05, 3.63) is 23.9 Å². The number of hydrogen-bond donors (Lipinski definition) is 1. The number of carbonyl (C=O) groups excluding carboxylic acids is 1. The first-order valence-corrected chi connectivity index (χ1v) is 4.52. The van der Waals surface area contributed by atoms with Crippen molar-refractivity contribution in [2.45, 2.75) is 13.3 Å². The molecular weight excluding hydrogens is 196 g/mol. The maximum Gasteiger partial charge on any atom is 0.337 e. The lowest BCUT2D eigenvalue weighted by Gasteiger charge is -2.14. The summed E-state index contributed by atoms with van der Waals surface area (Å²) in [5.41, 5.74) is 0.107. The molecule has 0 aliphatic heterocycles. The van der Waals surface area contributed by atoms with Crippen molar-refractivity contribution in [3.63, 3.8) is 0 Å². The first kappa shape index (κ1) is 11.2. The van der Waals surface area contributed by atoms with E-state index in [0.29, 0.717) is 12.2 Å². The molecule has 0 aromatic carbocycles. The Labute approximate surface area is 87.4 Å². The Morgan fingerprint density at radius 3 is 2.53 bits per heavy atom. The van der Waals surface area contributed by atoms with Crippen LogP contribution in [0.15, 0.2) is 18.3 Å². The Hall–Kier alpha value is -1.91. The summed E-state index contributed by atoms with van der Waals surface area (Å²) in [5, 5.41) is 8.65. The van der Waals surface area contributed by atoms with Gasteiger partial charge >= 0.3 is 5.97 Å². The van der Waals surface area contributed by atoms with Gasteiger partial charge in [-0.1, -0.05) is 6.92 Å². The van der Waals surface area contributed by atoms with Crippen molar-refractivity contribution in [1.82, 2.24) is 4.98 Å². The number of carboxylic acids is 1. The minimum atomic E-state index is -1.03. The van der Waals surface area contributed by atoms with Crippen molar-refractivity contribution in [2.24, 2.45) is 0 Å². The second-order valence-corrected chi connectivity index (χ2v) is 3.02. The number of carbonyl (C=O) groups is 2. The average molecular weight is 208 g/mol. The summed E-state index contributed by atoms with van der Waals surface area (Å²) >= 11 is 0. The van der Waals surface area contributed by atoms with Crippen molar-refractivity contribution >= 4 is 17.7 Å². The molecule has 5 heteroatoms. The molecule has 15 heavy (non-hydrogen) atoms. The Bertz CT molecular complexity index is 373. The van der Waals surface area contributed by atoms with E-state index in [-0.39, 0.29) is 11.5 Å². The average Bonchev–Trinajstić information content (AvgIpc) is 2.27. The fourth-order valence-electron chi connectivity index (χ4n) is 1.08. The first-order chi connectivity index (χ1) is 7.06. The third kappa shape index (κ3) is 2.52. The number of anilines is 1. The molecule has 0 saturated heterocycles. The molecule has 1 heterocycles. The van der Waals surface area contributed by atoms with E-state index in [4.69, 9.17) is 5.11 Å². The highest BCUT2D eigenvalue weighted by atomic mass is 16.4. The van der Waals surface area contributed by atoms with Gasteiger partial charge in [-0.2, -0.15) is 0 Å². The van der Waals surface area contributed by atoms with Crippen LogP contribution < -0.4 is 4.90 Å². The number of pyridine rings is 1. The van der Waals surface area contributed by atoms with Gasteiger partial charge in [0.1, 0.15) is 5.82 Å². The number of nitrogens with zero attached hydrogens (tertiary/aromatic N) is 2. The quantitative estimate of drug-likeness (QED) is 0.808. The van der Waals surface area contributed by atoms with Gasteiger partial charge in [-0.05, 0) is 12.1 Å². The van der Waals surface area contributed by atoms with E-state index < -0.39 is 5.97 Å². The second kappa shape index (κ2) is 4.54. The highest BCUT2D eigenvalue weighted by Gasteiger charge is 2.10. The minimum Gasteiger partial charge on any atom is -0.478 e. The summed E-state index contributed by atoms with van der Waals surface area (Å²) in [4.78, 5) is 27.1. The molecule has 1 aromatic rings. The summed E-state index contributed by atoms with van der Waals surface area (Å²) < 4.78 is 0. The lowest BCUT2D eigenvalue weighted by Crippen LogP contribution is -2.26. The van der Waals surface area contributed by atoms with Crippen LogP contribution in [0, 0.1) is 0 Å². The molecule has 0 saturated carbocycles. The lowest BCUT2D eigenvalue weighted by molar-refractivity contribution is -0.118. The van der Waals surface area contributed by atoms with Crippen LogP contribution in [0.25, 0.3) is 0 Å². The summed E-state index contributed by atoms with van der Waals surface area (Å²) in [7, 11) is 1.61. The fraction of sp³-hybridized carbons (Fsp3) is 0.300. The summed E-state index contributed by atoms with van der Waals surface area (Å²) in [6.07, 6.45) is 1.62. The van der Waals surface area contributed by atoms with Gasteiger partial charge in [-0.15, -0.1) is 0 Å². The van der Waals surface area contributed by atoms with Gasteiger partial charge in [0, 0.05) is 19.7 Å². The van der Waals surface area contributed by atoms with E-state index in [2.05, 4.69) is 4.98 Å². The fourth-order valence-corrected chi connectivity index (χ4v) is 1.08. The number of rotatable bonds is 3. The molecule has 0 spiro atoms. The van der Waals surface area contributed by atoms with Crippen LogP contribution in [0.1, 0.15) is 23.7 Å². The van der Waals surface area contributed by atoms with Gasteiger partial charge in [0.2, 0.25) is 5.91 Å². The molecule has 5 nitrogen and oxygen atoms in total. The maximum absolute atomic E-state index is 11.3. The molecule has 0 aliphatic rings. The molecule has 1 aromatic heterocycles. The van der Waals surface area contributed by atoms with Crippen LogP contribution >= 0.6 is 0 Å². The van der Waals surface area contributed by atoms with Crippen molar-refractivity contribution in [2.75, 3.05) is 11.9 Å². The SMILES string of the molecule is CCC(=O)N(C)c1ccc(C(=O)O)cn1. The number of amides is 1. The Morgan fingerprint density at radius 1 is 1.47 bits per heavy atom. The van der Waals surface area contributed by atoms with E-state index in [1.165, 1.54) is 23.2 Å². The molecule has 1 N–H and O–H groups in total. The normalized spacial score (nSPS) is 9.73. The van der Waals surface area contributed by atoms with Crippen LogP contribution in [0.3, 0.4) is 0 Å². The zero-order valence-electron chi connectivity index (χ0n) is 8.60. The number of carboxylic acid groups (broad SMARTS) is 1. The number of aromatic nitrogens is 1. The molecule has 1 amide bonds. The monoisotopic (exact) mass is 208 g/mol. The zero-order chi connectivity index (χ0) is 11.4. The molecule has 0 radical (unpaired) electrons. The summed E-state index contributed by atoms with van der Waals surface area (Å²) in [6.45, 7) is 1.75.